The summed E-state index contributed by atoms with van der Waals surface area (Å²) in [7, 11) is 0. The molecule has 2 unspecified atom stereocenters. The van der Waals surface area contributed by atoms with E-state index in [1.807, 2.05) is 12.2 Å². The normalized spacial score (nSPS) is 21.0. The fraction of sp³-hybridized carbons (Fsp3) is 0.818. The van der Waals surface area contributed by atoms with Crippen molar-refractivity contribution < 1.29 is 49.0 Å². The highest BCUT2D eigenvalue weighted by atomic mass is 16.7. The predicted octanol–water partition coefficient (Wildman–Crippen LogP) is 8.72. The first kappa shape index (κ1) is 49.9. The quantitative estimate of drug-likeness (QED) is 0.0162. The molecule has 0 amide bonds. The molecule has 0 radical (unpaired) electrons. The van der Waals surface area contributed by atoms with E-state index in [0.29, 0.717) is 6.42 Å². The highest BCUT2D eigenvalue weighted by Crippen LogP contribution is 2.22. The van der Waals surface area contributed by atoms with Crippen LogP contribution >= 0.6 is 0 Å². The van der Waals surface area contributed by atoms with Gasteiger partial charge in [0, 0.05) is 12.5 Å². The Labute approximate surface area is 327 Å². The summed E-state index contributed by atoms with van der Waals surface area (Å²) in [6, 6.07) is 0. The second kappa shape index (κ2) is 35.3. The van der Waals surface area contributed by atoms with Crippen LogP contribution in [0.5, 0.6) is 0 Å². The van der Waals surface area contributed by atoms with Crippen LogP contribution in [0.3, 0.4) is 0 Å². The molecule has 1 fully saturated rings. The summed E-state index contributed by atoms with van der Waals surface area (Å²) in [6.07, 6.45) is 32.1. The summed E-state index contributed by atoms with van der Waals surface area (Å²) in [6.45, 7) is 3.29. The van der Waals surface area contributed by atoms with E-state index in [-0.39, 0.29) is 19.6 Å². The smallest absolute Gasteiger partial charge is 0.331 e. The molecule has 1 aliphatic heterocycles. The highest BCUT2D eigenvalue weighted by molar-refractivity contribution is 5.82. The molecule has 1 heterocycles. The molecule has 0 aromatic heterocycles. The van der Waals surface area contributed by atoms with Gasteiger partial charge in [-0.25, -0.2) is 4.79 Å². The largest absolute Gasteiger partial charge is 0.462 e. The van der Waals surface area contributed by atoms with Crippen LogP contribution in [-0.2, 0) is 28.5 Å². The predicted molar refractivity (Wildman–Crippen MR) is 215 cm³/mol. The van der Waals surface area contributed by atoms with Gasteiger partial charge in [0.15, 0.2) is 12.4 Å². The van der Waals surface area contributed by atoms with Gasteiger partial charge in [-0.1, -0.05) is 153 Å². The standard InChI is InChI=1S/C44H78O10/c1-3-5-7-9-11-13-15-17-19-21-23-25-27-29-31-33-40(47)53-37(36-52-44-43(50)42(49)41(48)38(34-45)54-44)35-51-39(46)32-30-28-26-24-22-20-18-16-14-12-10-8-6-4-2/h16,18,27,29,31,33,37-38,41-45,48-50H,3-15,17,19-26,28,30,32,34-36H2,1-2H3/b18-16+,29-27+,33-31+/t37-,38-,41+,42?,43?,44-/m0/s1. The lowest BCUT2D eigenvalue weighted by molar-refractivity contribution is -0.305. The Morgan fingerprint density at radius 2 is 1.11 bits per heavy atom. The summed E-state index contributed by atoms with van der Waals surface area (Å²) in [5.41, 5.74) is 0. The summed E-state index contributed by atoms with van der Waals surface area (Å²) >= 11 is 0. The maximum Gasteiger partial charge on any atom is 0.331 e. The third-order valence-corrected chi connectivity index (χ3v) is 9.85. The fourth-order valence-electron chi connectivity index (χ4n) is 6.38. The minimum absolute atomic E-state index is 0.246. The van der Waals surface area contributed by atoms with Crippen molar-refractivity contribution >= 4 is 11.9 Å². The number of carbonyl (C=O) groups excluding carboxylic acids is 2. The number of allylic oxidation sites excluding steroid dienone is 5. The Kier molecular flexibility index (Phi) is 32.7. The summed E-state index contributed by atoms with van der Waals surface area (Å²) in [4.78, 5) is 25.1. The molecule has 0 aromatic carbocycles. The number of hydrogen-bond acceptors (Lipinski definition) is 10. The van der Waals surface area contributed by atoms with Crippen molar-refractivity contribution in [1.29, 1.82) is 0 Å². The second-order valence-corrected chi connectivity index (χ2v) is 14.9. The van der Waals surface area contributed by atoms with Crippen molar-refractivity contribution in [3.05, 3.63) is 36.5 Å². The molecule has 0 spiro atoms. The Morgan fingerprint density at radius 3 is 1.65 bits per heavy atom. The third-order valence-electron chi connectivity index (χ3n) is 9.85. The van der Waals surface area contributed by atoms with Crippen LogP contribution in [0, 0.1) is 0 Å². The van der Waals surface area contributed by atoms with Crippen molar-refractivity contribution in [3.8, 4) is 0 Å². The lowest BCUT2D eigenvalue weighted by Gasteiger charge is -2.39. The maximum absolute atomic E-state index is 12.6. The van der Waals surface area contributed by atoms with E-state index >= 15 is 0 Å². The number of aliphatic hydroxyl groups excluding tert-OH is 4. The molecule has 0 aliphatic carbocycles. The lowest BCUT2D eigenvalue weighted by Crippen LogP contribution is -2.59. The number of aliphatic hydroxyl groups is 4. The van der Waals surface area contributed by atoms with E-state index in [1.54, 1.807) is 6.08 Å². The topological polar surface area (TPSA) is 152 Å². The van der Waals surface area contributed by atoms with E-state index in [4.69, 9.17) is 18.9 Å². The van der Waals surface area contributed by atoms with Gasteiger partial charge < -0.3 is 39.4 Å². The maximum atomic E-state index is 12.6. The van der Waals surface area contributed by atoms with Gasteiger partial charge >= 0.3 is 11.9 Å². The summed E-state index contributed by atoms with van der Waals surface area (Å²) in [5, 5.41) is 40.0. The van der Waals surface area contributed by atoms with Crippen molar-refractivity contribution in [3.63, 3.8) is 0 Å². The van der Waals surface area contributed by atoms with Crippen LogP contribution in [0.4, 0.5) is 0 Å². The van der Waals surface area contributed by atoms with E-state index in [2.05, 4.69) is 26.0 Å². The number of hydrogen-bond donors (Lipinski definition) is 4. The lowest BCUT2D eigenvalue weighted by atomic mass is 9.99. The molecule has 1 saturated heterocycles. The molecule has 0 aromatic rings. The fourth-order valence-corrected chi connectivity index (χ4v) is 6.38. The van der Waals surface area contributed by atoms with Crippen LogP contribution in [0.1, 0.15) is 174 Å². The van der Waals surface area contributed by atoms with Crippen LogP contribution < -0.4 is 0 Å². The molecule has 4 N–H and O–H groups in total. The Bertz CT molecular complexity index is 980. The van der Waals surface area contributed by atoms with Gasteiger partial charge in [-0.2, -0.15) is 0 Å². The molecule has 10 nitrogen and oxygen atoms in total. The SMILES string of the molecule is CCCCCCC/C=C/CCCCCCCC(=O)OC[C@@H](CO[C@H]1O[C@@H](CO)[C@@H](O)C(O)C1O)OC(=O)/C=C/C=C/CCCCCCCCCCCCC. The number of ether oxygens (including phenoxy) is 4. The van der Waals surface area contributed by atoms with E-state index in [0.717, 1.165) is 44.9 Å². The molecule has 6 atom stereocenters. The van der Waals surface area contributed by atoms with Gasteiger partial charge in [-0.15, -0.1) is 0 Å². The Balaban J connectivity index is 2.41. The van der Waals surface area contributed by atoms with E-state index in [9.17, 15) is 30.0 Å². The molecular weight excluding hydrogens is 688 g/mol. The minimum Gasteiger partial charge on any atom is -0.462 e. The number of carbonyl (C=O) groups is 2. The van der Waals surface area contributed by atoms with Crippen LogP contribution in [0.15, 0.2) is 36.5 Å². The summed E-state index contributed by atoms with van der Waals surface area (Å²) < 4.78 is 21.9. The molecule has 0 saturated carbocycles. The van der Waals surface area contributed by atoms with Gasteiger partial charge in [-0.05, 0) is 44.9 Å². The molecule has 0 bridgehead atoms. The van der Waals surface area contributed by atoms with Gasteiger partial charge in [0.05, 0.1) is 13.2 Å². The zero-order valence-corrected chi connectivity index (χ0v) is 34.0. The van der Waals surface area contributed by atoms with E-state index < -0.39 is 55.4 Å². The Morgan fingerprint density at radius 1 is 0.611 bits per heavy atom. The zero-order chi connectivity index (χ0) is 39.5. The first-order chi connectivity index (χ1) is 26.3. The zero-order valence-electron chi connectivity index (χ0n) is 34.0. The average molecular weight is 767 g/mol. The van der Waals surface area contributed by atoms with Crippen LogP contribution in [-0.4, -0.2) is 89.0 Å². The average Bonchev–Trinajstić information content (AvgIpc) is 3.17. The first-order valence-electron chi connectivity index (χ1n) is 21.6. The minimum atomic E-state index is -1.61. The molecular formula is C44H78O10. The van der Waals surface area contributed by atoms with Crippen molar-refractivity contribution in [1.82, 2.24) is 0 Å². The van der Waals surface area contributed by atoms with Crippen LogP contribution in [0.2, 0.25) is 0 Å². The van der Waals surface area contributed by atoms with Crippen molar-refractivity contribution in [2.24, 2.45) is 0 Å². The first-order valence-corrected chi connectivity index (χ1v) is 21.6. The van der Waals surface area contributed by atoms with Gasteiger partial charge in [0.2, 0.25) is 0 Å². The molecule has 314 valence electrons. The highest BCUT2D eigenvalue weighted by Gasteiger charge is 2.44. The summed E-state index contributed by atoms with van der Waals surface area (Å²) in [5.74, 6) is -1.07. The van der Waals surface area contributed by atoms with Crippen molar-refractivity contribution in [2.45, 2.75) is 211 Å². The van der Waals surface area contributed by atoms with Crippen molar-refractivity contribution in [2.75, 3.05) is 19.8 Å². The van der Waals surface area contributed by atoms with Gasteiger partial charge in [-0.3, -0.25) is 4.79 Å². The van der Waals surface area contributed by atoms with E-state index in [1.165, 1.54) is 109 Å². The number of rotatable bonds is 35. The number of esters is 2. The number of unbranched alkanes of at least 4 members (excludes halogenated alkanes) is 21. The van der Waals surface area contributed by atoms with Gasteiger partial charge in [0.25, 0.3) is 0 Å². The van der Waals surface area contributed by atoms with Crippen LogP contribution in [0.25, 0.3) is 0 Å². The monoisotopic (exact) mass is 767 g/mol. The molecule has 54 heavy (non-hydrogen) atoms. The molecule has 10 heteroatoms. The third kappa shape index (κ3) is 26.7. The molecule has 1 rings (SSSR count). The Hall–Kier alpha value is -2.08. The molecule has 1 aliphatic rings. The van der Waals surface area contributed by atoms with Gasteiger partial charge in [0.1, 0.15) is 31.0 Å². The second-order valence-electron chi connectivity index (χ2n) is 14.9.